The van der Waals surface area contributed by atoms with Crippen molar-refractivity contribution in [3.63, 3.8) is 0 Å². The fraction of sp³-hybridized carbons (Fsp3) is 0.500. The number of halogens is 1. The third-order valence-electron chi connectivity index (χ3n) is 6.89. The van der Waals surface area contributed by atoms with E-state index in [1.54, 1.807) is 0 Å². The van der Waals surface area contributed by atoms with E-state index < -0.39 is 10.0 Å². The van der Waals surface area contributed by atoms with Gasteiger partial charge in [0.25, 0.3) is 0 Å². The van der Waals surface area contributed by atoms with Gasteiger partial charge in [0, 0.05) is 32.1 Å². The first-order chi connectivity index (χ1) is 16.4. The Morgan fingerprint density at radius 3 is 2.24 bits per heavy atom. The molecule has 2 saturated heterocycles. The molecule has 2 heterocycles. The minimum absolute atomic E-state index is 0.0108. The second-order valence-electron chi connectivity index (χ2n) is 9.38. The van der Waals surface area contributed by atoms with Gasteiger partial charge >= 0.3 is 0 Å². The zero-order chi connectivity index (χ0) is 24.0. The number of sulfonamides is 1. The predicted molar refractivity (Wildman–Crippen MR) is 131 cm³/mol. The summed E-state index contributed by atoms with van der Waals surface area (Å²) in [6, 6.07) is 13.8. The van der Waals surface area contributed by atoms with E-state index in [1.807, 2.05) is 12.1 Å². The van der Waals surface area contributed by atoms with E-state index in [0.29, 0.717) is 38.0 Å². The lowest BCUT2D eigenvalue weighted by molar-refractivity contribution is -0.126. The highest BCUT2D eigenvalue weighted by Crippen LogP contribution is 2.23. The number of piperidine rings is 2. The maximum atomic E-state index is 13.1. The van der Waals surface area contributed by atoms with E-state index in [1.165, 1.54) is 53.4 Å². The van der Waals surface area contributed by atoms with E-state index in [4.69, 9.17) is 0 Å². The number of amides is 1. The van der Waals surface area contributed by atoms with Gasteiger partial charge in [-0.1, -0.05) is 42.8 Å². The second kappa shape index (κ2) is 11.4. The molecular weight excluding hydrogens is 453 g/mol. The molecule has 0 radical (unpaired) electrons. The lowest BCUT2D eigenvalue weighted by atomic mass is 9.97. The Kier molecular flexibility index (Phi) is 8.34. The van der Waals surface area contributed by atoms with Crippen molar-refractivity contribution in [2.75, 3.05) is 26.2 Å². The molecule has 1 N–H and O–H groups in total. The van der Waals surface area contributed by atoms with Crippen LogP contribution in [0.5, 0.6) is 0 Å². The summed E-state index contributed by atoms with van der Waals surface area (Å²) in [6.45, 7) is 4.31. The zero-order valence-corrected chi connectivity index (χ0v) is 20.4. The molecule has 0 spiro atoms. The van der Waals surface area contributed by atoms with Crippen LogP contribution in [0, 0.1) is 11.7 Å². The zero-order valence-electron chi connectivity index (χ0n) is 19.6. The number of hydrogen-bond donors (Lipinski definition) is 1. The summed E-state index contributed by atoms with van der Waals surface area (Å²) in [7, 11) is -3.50. The average Bonchev–Trinajstić information content (AvgIpc) is 2.85. The van der Waals surface area contributed by atoms with E-state index in [2.05, 4.69) is 22.3 Å². The molecule has 0 saturated carbocycles. The number of carbonyl (C=O) groups excluding carboxylic acids is 1. The number of benzene rings is 2. The smallest absolute Gasteiger partial charge is 0.223 e. The van der Waals surface area contributed by atoms with Crippen LogP contribution in [0.3, 0.4) is 0 Å². The number of likely N-dealkylation sites (tertiary alicyclic amines) is 1. The molecule has 1 amide bonds. The van der Waals surface area contributed by atoms with Crippen LogP contribution in [-0.4, -0.2) is 49.7 Å². The van der Waals surface area contributed by atoms with Gasteiger partial charge < -0.3 is 5.32 Å². The minimum Gasteiger partial charge on any atom is -0.352 e. The molecule has 184 valence electrons. The van der Waals surface area contributed by atoms with Crippen molar-refractivity contribution in [2.45, 2.75) is 50.9 Å². The van der Waals surface area contributed by atoms with Crippen LogP contribution in [0.4, 0.5) is 4.39 Å². The Bertz CT molecular complexity index is 1060. The highest BCUT2D eigenvalue weighted by atomic mass is 32.2. The lowest BCUT2D eigenvalue weighted by Gasteiger charge is -2.30. The second-order valence-corrected chi connectivity index (χ2v) is 11.3. The fourth-order valence-corrected chi connectivity index (χ4v) is 6.41. The summed E-state index contributed by atoms with van der Waals surface area (Å²) in [5.74, 6) is -0.741. The van der Waals surface area contributed by atoms with Gasteiger partial charge in [-0.3, -0.25) is 9.69 Å². The number of nitrogens with one attached hydrogen (secondary N) is 1. The van der Waals surface area contributed by atoms with Gasteiger partial charge in [0.05, 0.1) is 5.75 Å². The number of carbonyl (C=O) groups is 1. The van der Waals surface area contributed by atoms with Crippen LogP contribution in [-0.2, 0) is 33.7 Å². The molecule has 0 unspecified atom stereocenters. The minimum atomic E-state index is -3.50. The maximum Gasteiger partial charge on any atom is 0.223 e. The molecular formula is C26H34FN3O3S. The van der Waals surface area contributed by atoms with Crippen LogP contribution >= 0.6 is 0 Å². The summed E-state index contributed by atoms with van der Waals surface area (Å²) in [4.78, 5) is 15.3. The molecule has 2 aliphatic heterocycles. The van der Waals surface area contributed by atoms with E-state index >= 15 is 0 Å². The average molecular weight is 488 g/mol. The number of nitrogens with zero attached hydrogens (tertiary/aromatic N) is 2. The van der Waals surface area contributed by atoms with Gasteiger partial charge in [0.15, 0.2) is 0 Å². The van der Waals surface area contributed by atoms with Crippen molar-refractivity contribution in [2.24, 2.45) is 5.92 Å². The Morgan fingerprint density at radius 2 is 1.56 bits per heavy atom. The van der Waals surface area contributed by atoms with Crippen LogP contribution in [0.25, 0.3) is 0 Å². The van der Waals surface area contributed by atoms with Crippen molar-refractivity contribution < 1.29 is 17.6 Å². The normalized spacial score (nSPS) is 18.6. The largest absolute Gasteiger partial charge is 0.352 e. The first-order valence-electron chi connectivity index (χ1n) is 12.2. The maximum absolute atomic E-state index is 13.1. The Morgan fingerprint density at radius 1 is 0.912 bits per heavy atom. The molecule has 6 nitrogen and oxygen atoms in total. The van der Waals surface area contributed by atoms with Crippen LogP contribution in [0.1, 0.15) is 48.8 Å². The van der Waals surface area contributed by atoms with E-state index in [9.17, 15) is 17.6 Å². The van der Waals surface area contributed by atoms with Gasteiger partial charge in [0.1, 0.15) is 5.82 Å². The van der Waals surface area contributed by atoms with Crippen molar-refractivity contribution in [1.29, 1.82) is 0 Å². The lowest BCUT2D eigenvalue weighted by Crippen LogP contribution is -2.43. The molecule has 0 atom stereocenters. The summed E-state index contributed by atoms with van der Waals surface area (Å²) < 4.78 is 40.1. The molecule has 0 aliphatic carbocycles. The number of hydrogen-bond acceptors (Lipinski definition) is 4. The Hall–Kier alpha value is -2.29. The molecule has 4 rings (SSSR count). The van der Waals surface area contributed by atoms with E-state index in [-0.39, 0.29) is 23.4 Å². The molecule has 8 heteroatoms. The summed E-state index contributed by atoms with van der Waals surface area (Å²) in [5, 5.41) is 3.08. The summed E-state index contributed by atoms with van der Waals surface area (Å²) in [5.41, 5.74) is 2.96. The Balaban J connectivity index is 1.27. The van der Waals surface area contributed by atoms with Crippen LogP contribution in [0.15, 0.2) is 48.5 Å². The molecule has 34 heavy (non-hydrogen) atoms. The predicted octanol–water partition coefficient (Wildman–Crippen LogP) is 3.67. The van der Waals surface area contributed by atoms with Crippen LogP contribution in [0.2, 0.25) is 0 Å². The van der Waals surface area contributed by atoms with Crippen molar-refractivity contribution in [1.82, 2.24) is 14.5 Å². The molecule has 2 aromatic rings. The SMILES string of the molecule is O=C(NCc1ccccc1CN1CCCCC1)C1CCN(S(=O)(=O)Cc2ccc(F)cc2)CC1. The highest BCUT2D eigenvalue weighted by molar-refractivity contribution is 7.88. The third kappa shape index (κ3) is 6.64. The molecule has 2 aromatic carbocycles. The standard InChI is InChI=1S/C26H34FN3O3S/c27-25-10-8-21(9-11-25)20-34(32,33)30-16-12-22(13-17-30)26(31)28-18-23-6-2-3-7-24(23)19-29-14-4-1-5-15-29/h2-3,6-11,22H,1,4-5,12-20H2,(H,28,31). The van der Waals surface area contributed by atoms with Crippen LogP contribution < -0.4 is 5.32 Å². The van der Waals surface area contributed by atoms with E-state index in [0.717, 1.165) is 25.2 Å². The van der Waals surface area contributed by atoms with Gasteiger partial charge in [0.2, 0.25) is 15.9 Å². The van der Waals surface area contributed by atoms with Gasteiger partial charge in [-0.15, -0.1) is 0 Å². The monoisotopic (exact) mass is 487 g/mol. The quantitative estimate of drug-likeness (QED) is 0.617. The van der Waals surface area contributed by atoms with Gasteiger partial charge in [-0.2, -0.15) is 0 Å². The van der Waals surface area contributed by atoms with Gasteiger partial charge in [-0.05, 0) is 67.6 Å². The van der Waals surface area contributed by atoms with Crippen molar-refractivity contribution in [3.05, 3.63) is 71.0 Å². The first-order valence-corrected chi connectivity index (χ1v) is 13.8. The van der Waals surface area contributed by atoms with Gasteiger partial charge in [-0.25, -0.2) is 17.1 Å². The molecule has 0 aromatic heterocycles. The first kappa shape index (κ1) is 24.8. The summed E-state index contributed by atoms with van der Waals surface area (Å²) in [6.07, 6.45) is 4.81. The molecule has 0 bridgehead atoms. The van der Waals surface area contributed by atoms with Crippen molar-refractivity contribution >= 4 is 15.9 Å². The van der Waals surface area contributed by atoms with Crippen molar-refractivity contribution in [3.8, 4) is 0 Å². The fourth-order valence-electron chi connectivity index (χ4n) is 4.85. The molecule has 2 aliphatic rings. The third-order valence-corrected chi connectivity index (χ3v) is 8.74. The molecule has 2 fully saturated rings. The topological polar surface area (TPSA) is 69.7 Å². The number of rotatable bonds is 8. The summed E-state index contributed by atoms with van der Waals surface area (Å²) >= 11 is 0. The Labute approximate surface area is 202 Å². The highest BCUT2D eigenvalue weighted by Gasteiger charge is 2.31.